The molecule has 4 rings (SSSR count). The Morgan fingerprint density at radius 1 is 0.829 bits per heavy atom. The molecule has 0 bridgehead atoms. The molecule has 0 radical (unpaired) electrons. The van der Waals surface area contributed by atoms with Crippen molar-refractivity contribution < 1.29 is 29.0 Å². The van der Waals surface area contributed by atoms with Crippen LogP contribution in [0.2, 0.25) is 0 Å². The first kappa shape index (κ1) is 29.8. The molecule has 8 nitrogen and oxygen atoms in total. The van der Waals surface area contributed by atoms with Crippen LogP contribution in [0.25, 0.3) is 11.1 Å². The maximum Gasteiger partial charge on any atom is 0.407 e. The standard InChI is InChI=1S/C33H38N2O6/c1-23(40-21-24-13-5-4-6-14-24)31(32(37)38)35-30(36)19-7-2-3-12-20-34-33(39)41-22-29-27-17-10-8-15-25(27)26-16-9-11-18-28(26)29/h4-6,8-11,13-18,23,29,31H,2-3,7,12,19-22H2,1H3,(H,34,39)(H,35,36)(H,37,38)/t23-,31+/m0/s1. The molecular weight excluding hydrogens is 520 g/mol. The average molecular weight is 559 g/mol. The van der Waals surface area contributed by atoms with Crippen molar-refractivity contribution in [3.8, 4) is 11.1 Å². The Labute approximate surface area is 241 Å². The fourth-order valence-corrected chi connectivity index (χ4v) is 5.13. The number of ether oxygens (including phenoxy) is 2. The number of alkyl carbamates (subject to hydrolysis) is 1. The number of benzene rings is 3. The van der Waals surface area contributed by atoms with Crippen molar-refractivity contribution >= 4 is 18.0 Å². The van der Waals surface area contributed by atoms with Crippen molar-refractivity contribution in [1.29, 1.82) is 0 Å². The van der Waals surface area contributed by atoms with E-state index in [9.17, 15) is 19.5 Å². The molecule has 0 aliphatic heterocycles. The third-order valence-electron chi connectivity index (χ3n) is 7.35. The van der Waals surface area contributed by atoms with E-state index in [1.807, 2.05) is 54.6 Å². The van der Waals surface area contributed by atoms with E-state index in [2.05, 4.69) is 34.9 Å². The van der Waals surface area contributed by atoms with Crippen LogP contribution in [0.3, 0.4) is 0 Å². The smallest absolute Gasteiger partial charge is 0.407 e. The number of hydrogen-bond donors (Lipinski definition) is 3. The molecule has 0 unspecified atom stereocenters. The number of carbonyl (C=O) groups is 3. The minimum absolute atomic E-state index is 0.0263. The average Bonchev–Trinajstić information content (AvgIpc) is 3.31. The van der Waals surface area contributed by atoms with Crippen molar-refractivity contribution in [2.24, 2.45) is 0 Å². The molecule has 0 fully saturated rings. The molecule has 41 heavy (non-hydrogen) atoms. The van der Waals surface area contributed by atoms with Crippen molar-refractivity contribution in [2.75, 3.05) is 13.2 Å². The van der Waals surface area contributed by atoms with Gasteiger partial charge in [-0.25, -0.2) is 9.59 Å². The number of amides is 2. The molecule has 2 amide bonds. The summed E-state index contributed by atoms with van der Waals surface area (Å²) in [7, 11) is 0. The summed E-state index contributed by atoms with van der Waals surface area (Å²) in [6.45, 7) is 2.68. The number of carboxylic acid groups (broad SMARTS) is 1. The fourth-order valence-electron chi connectivity index (χ4n) is 5.13. The summed E-state index contributed by atoms with van der Waals surface area (Å²) >= 11 is 0. The minimum atomic E-state index is -1.13. The summed E-state index contributed by atoms with van der Waals surface area (Å²) in [5, 5.41) is 14.9. The quantitative estimate of drug-likeness (QED) is 0.208. The van der Waals surface area contributed by atoms with Crippen LogP contribution in [-0.4, -0.2) is 48.4 Å². The molecule has 1 aliphatic carbocycles. The van der Waals surface area contributed by atoms with Gasteiger partial charge in [-0.3, -0.25) is 4.79 Å². The van der Waals surface area contributed by atoms with E-state index in [-0.39, 0.29) is 31.5 Å². The summed E-state index contributed by atoms with van der Waals surface area (Å²) in [4.78, 5) is 36.3. The number of nitrogens with one attached hydrogen (secondary N) is 2. The largest absolute Gasteiger partial charge is 0.480 e. The van der Waals surface area contributed by atoms with Gasteiger partial charge in [-0.05, 0) is 47.6 Å². The monoisotopic (exact) mass is 558 g/mol. The summed E-state index contributed by atoms with van der Waals surface area (Å²) < 4.78 is 11.2. The first-order valence-electron chi connectivity index (χ1n) is 14.2. The SMILES string of the molecule is C[C@H](OCc1ccccc1)[C@@H](NC(=O)CCCCCCNC(=O)OCC1c2ccccc2-c2ccccc21)C(=O)O. The van der Waals surface area contributed by atoms with Crippen LogP contribution in [0.15, 0.2) is 78.9 Å². The highest BCUT2D eigenvalue weighted by Crippen LogP contribution is 2.44. The fraction of sp³-hybridized carbons (Fsp3) is 0.364. The van der Waals surface area contributed by atoms with Crippen LogP contribution in [0.1, 0.15) is 61.6 Å². The summed E-state index contributed by atoms with van der Waals surface area (Å²) in [5.41, 5.74) is 5.66. The van der Waals surface area contributed by atoms with E-state index in [0.29, 0.717) is 13.0 Å². The summed E-state index contributed by atoms with van der Waals surface area (Å²) in [5.74, 6) is -1.42. The van der Waals surface area contributed by atoms with E-state index in [1.54, 1.807) is 6.92 Å². The highest BCUT2D eigenvalue weighted by atomic mass is 16.5. The maximum absolute atomic E-state index is 12.3. The number of unbranched alkanes of at least 4 members (excludes halogenated alkanes) is 3. The zero-order valence-electron chi connectivity index (χ0n) is 23.4. The molecule has 0 saturated carbocycles. The third kappa shape index (κ3) is 8.41. The van der Waals surface area contributed by atoms with Gasteiger partial charge in [0.1, 0.15) is 6.61 Å². The van der Waals surface area contributed by atoms with Gasteiger partial charge < -0.3 is 25.2 Å². The lowest BCUT2D eigenvalue weighted by atomic mass is 9.98. The van der Waals surface area contributed by atoms with E-state index in [4.69, 9.17) is 9.47 Å². The van der Waals surface area contributed by atoms with E-state index in [0.717, 1.165) is 24.8 Å². The highest BCUT2D eigenvalue weighted by Gasteiger charge is 2.29. The number of rotatable bonds is 15. The van der Waals surface area contributed by atoms with Crippen LogP contribution in [0.4, 0.5) is 4.79 Å². The lowest BCUT2D eigenvalue weighted by molar-refractivity contribution is -0.146. The normalized spacial score (nSPS) is 13.5. The second-order valence-corrected chi connectivity index (χ2v) is 10.3. The van der Waals surface area contributed by atoms with Gasteiger partial charge in [0, 0.05) is 18.9 Å². The molecule has 0 saturated heterocycles. The zero-order chi connectivity index (χ0) is 29.0. The maximum atomic E-state index is 12.3. The number of aliphatic carboxylic acids is 1. The molecule has 3 aromatic carbocycles. The number of hydrogen-bond acceptors (Lipinski definition) is 5. The zero-order valence-corrected chi connectivity index (χ0v) is 23.4. The number of carboxylic acids is 1. The predicted octanol–water partition coefficient (Wildman–Crippen LogP) is 5.65. The summed E-state index contributed by atoms with van der Waals surface area (Å²) in [6, 6.07) is 24.8. The Kier molecular flexibility index (Phi) is 10.9. The highest BCUT2D eigenvalue weighted by molar-refractivity contribution is 5.84. The Balaban J connectivity index is 1.08. The van der Waals surface area contributed by atoms with Crippen LogP contribution in [0, 0.1) is 0 Å². The molecule has 2 atom stereocenters. The van der Waals surface area contributed by atoms with Crippen LogP contribution >= 0.6 is 0 Å². The van der Waals surface area contributed by atoms with E-state index < -0.39 is 24.2 Å². The molecule has 3 aromatic rings. The predicted molar refractivity (Wildman–Crippen MR) is 156 cm³/mol. The van der Waals surface area contributed by atoms with Crippen molar-refractivity contribution in [3.63, 3.8) is 0 Å². The van der Waals surface area contributed by atoms with Crippen molar-refractivity contribution in [2.45, 2.75) is 63.7 Å². The van der Waals surface area contributed by atoms with Crippen LogP contribution in [0.5, 0.6) is 0 Å². The number of carbonyl (C=O) groups excluding carboxylic acids is 2. The minimum Gasteiger partial charge on any atom is -0.480 e. The molecule has 8 heteroatoms. The Morgan fingerprint density at radius 2 is 1.44 bits per heavy atom. The Hall–Kier alpha value is -4.17. The Morgan fingerprint density at radius 3 is 2.10 bits per heavy atom. The molecule has 0 aromatic heterocycles. The molecular formula is C33H38N2O6. The van der Waals surface area contributed by atoms with Gasteiger partial charge in [-0.1, -0.05) is 91.7 Å². The van der Waals surface area contributed by atoms with Gasteiger partial charge in [0.05, 0.1) is 12.7 Å². The van der Waals surface area contributed by atoms with Crippen molar-refractivity contribution in [3.05, 3.63) is 95.6 Å². The molecule has 3 N–H and O–H groups in total. The van der Waals surface area contributed by atoms with E-state index >= 15 is 0 Å². The van der Waals surface area contributed by atoms with Gasteiger partial charge in [0.2, 0.25) is 5.91 Å². The number of fused-ring (bicyclic) bond motifs is 3. The third-order valence-corrected chi connectivity index (χ3v) is 7.35. The van der Waals surface area contributed by atoms with Gasteiger partial charge in [-0.2, -0.15) is 0 Å². The molecule has 0 heterocycles. The van der Waals surface area contributed by atoms with Crippen LogP contribution < -0.4 is 10.6 Å². The topological polar surface area (TPSA) is 114 Å². The molecule has 1 aliphatic rings. The lowest BCUT2D eigenvalue weighted by Crippen LogP contribution is -2.48. The van der Waals surface area contributed by atoms with Crippen LogP contribution in [-0.2, 0) is 25.7 Å². The second kappa shape index (κ2) is 15.0. The van der Waals surface area contributed by atoms with Gasteiger partial charge in [0.25, 0.3) is 0 Å². The van der Waals surface area contributed by atoms with E-state index in [1.165, 1.54) is 22.3 Å². The summed E-state index contributed by atoms with van der Waals surface area (Å²) in [6.07, 6.45) is 2.12. The van der Waals surface area contributed by atoms with Crippen molar-refractivity contribution in [1.82, 2.24) is 10.6 Å². The van der Waals surface area contributed by atoms with Gasteiger partial charge in [-0.15, -0.1) is 0 Å². The van der Waals surface area contributed by atoms with Gasteiger partial charge >= 0.3 is 12.1 Å². The molecule has 216 valence electrons. The first-order chi connectivity index (χ1) is 19.9. The first-order valence-corrected chi connectivity index (χ1v) is 14.2. The Bertz CT molecular complexity index is 1270. The molecule has 0 spiro atoms. The second-order valence-electron chi connectivity index (χ2n) is 10.3. The lowest BCUT2D eigenvalue weighted by Gasteiger charge is -2.22. The van der Waals surface area contributed by atoms with Gasteiger partial charge in [0.15, 0.2) is 6.04 Å².